The zero-order valence-corrected chi connectivity index (χ0v) is 10.00. The minimum atomic E-state index is -0.263. The molecule has 3 N–H and O–H groups in total. The summed E-state index contributed by atoms with van der Waals surface area (Å²) in [7, 11) is 0. The first-order valence-corrected chi connectivity index (χ1v) is 5.67. The summed E-state index contributed by atoms with van der Waals surface area (Å²) in [6.07, 6.45) is 0.784. The lowest BCUT2D eigenvalue weighted by Gasteiger charge is -2.07. The summed E-state index contributed by atoms with van der Waals surface area (Å²) < 4.78 is 13.7. The van der Waals surface area contributed by atoms with E-state index in [1.54, 1.807) is 18.2 Å². The largest absolute Gasteiger partial charge is 0.382 e. The molecule has 0 radical (unpaired) electrons. The number of benzene rings is 1. The highest BCUT2D eigenvalue weighted by Crippen LogP contribution is 2.29. The third-order valence-corrected chi connectivity index (χ3v) is 2.65. The van der Waals surface area contributed by atoms with E-state index in [1.165, 1.54) is 6.07 Å². The van der Waals surface area contributed by atoms with Gasteiger partial charge in [0, 0.05) is 11.1 Å². The van der Waals surface area contributed by atoms with Crippen molar-refractivity contribution in [3.8, 4) is 11.3 Å². The first-order chi connectivity index (χ1) is 8.09. The fourth-order valence-corrected chi connectivity index (χ4v) is 1.88. The van der Waals surface area contributed by atoms with Crippen molar-refractivity contribution in [1.82, 2.24) is 10.2 Å². The fraction of sp³-hybridized carbons (Fsp3) is 0.308. The molecule has 0 saturated heterocycles. The monoisotopic (exact) mass is 233 g/mol. The van der Waals surface area contributed by atoms with Gasteiger partial charge in [0.15, 0.2) is 0 Å². The van der Waals surface area contributed by atoms with Crippen molar-refractivity contribution in [2.75, 3.05) is 5.73 Å². The fourth-order valence-electron chi connectivity index (χ4n) is 1.88. The molecule has 3 nitrogen and oxygen atoms in total. The number of hydrogen-bond acceptors (Lipinski definition) is 2. The molecular weight excluding hydrogens is 217 g/mol. The van der Waals surface area contributed by atoms with E-state index >= 15 is 0 Å². The molecule has 90 valence electrons. The molecule has 0 amide bonds. The molecule has 0 spiro atoms. The van der Waals surface area contributed by atoms with Gasteiger partial charge in [-0.1, -0.05) is 26.0 Å². The van der Waals surface area contributed by atoms with Gasteiger partial charge in [-0.3, -0.25) is 5.10 Å². The van der Waals surface area contributed by atoms with Crippen molar-refractivity contribution >= 4 is 5.82 Å². The summed E-state index contributed by atoms with van der Waals surface area (Å²) in [6, 6.07) is 6.63. The van der Waals surface area contributed by atoms with Crippen molar-refractivity contribution in [3.63, 3.8) is 0 Å². The summed E-state index contributed by atoms with van der Waals surface area (Å²) in [4.78, 5) is 0. The Morgan fingerprint density at radius 3 is 2.71 bits per heavy atom. The molecular formula is C13H16FN3. The Morgan fingerprint density at radius 2 is 2.06 bits per heavy atom. The van der Waals surface area contributed by atoms with Crippen LogP contribution in [0.3, 0.4) is 0 Å². The maximum absolute atomic E-state index is 13.7. The lowest BCUT2D eigenvalue weighted by atomic mass is 9.99. The molecule has 0 aliphatic heterocycles. The van der Waals surface area contributed by atoms with Crippen molar-refractivity contribution in [1.29, 1.82) is 0 Å². The number of nitrogens with zero attached hydrogens (tertiary/aromatic N) is 1. The van der Waals surface area contributed by atoms with Crippen LogP contribution in [0.15, 0.2) is 24.3 Å². The number of nitrogens with two attached hydrogens (primary N) is 1. The Hall–Kier alpha value is -1.84. The van der Waals surface area contributed by atoms with E-state index in [4.69, 9.17) is 5.73 Å². The maximum atomic E-state index is 13.7. The number of aromatic nitrogens is 2. The van der Waals surface area contributed by atoms with Gasteiger partial charge >= 0.3 is 0 Å². The van der Waals surface area contributed by atoms with E-state index < -0.39 is 0 Å². The first-order valence-electron chi connectivity index (χ1n) is 5.67. The first kappa shape index (κ1) is 11.6. The third kappa shape index (κ3) is 2.30. The predicted octanol–water partition coefficient (Wildman–Crippen LogP) is 3.00. The SMILES string of the molecule is CC(C)Cc1c(N)n[nH]c1-c1ccccc1F. The van der Waals surface area contributed by atoms with Crippen LogP contribution in [-0.4, -0.2) is 10.2 Å². The minimum absolute atomic E-state index is 0.263. The van der Waals surface area contributed by atoms with Gasteiger partial charge in [-0.05, 0) is 24.5 Å². The molecule has 0 aliphatic carbocycles. The van der Waals surface area contributed by atoms with E-state index in [0.717, 1.165) is 12.0 Å². The second-order valence-corrected chi connectivity index (χ2v) is 4.54. The van der Waals surface area contributed by atoms with E-state index in [1.807, 2.05) is 0 Å². The van der Waals surface area contributed by atoms with Crippen molar-refractivity contribution < 1.29 is 4.39 Å². The second kappa shape index (κ2) is 4.57. The van der Waals surface area contributed by atoms with Crippen LogP contribution in [0.4, 0.5) is 10.2 Å². The highest BCUT2D eigenvalue weighted by Gasteiger charge is 2.16. The molecule has 0 atom stereocenters. The molecule has 0 bridgehead atoms. The number of hydrogen-bond donors (Lipinski definition) is 2. The molecule has 1 aromatic carbocycles. The average molecular weight is 233 g/mol. The minimum Gasteiger partial charge on any atom is -0.382 e. The third-order valence-electron chi connectivity index (χ3n) is 2.65. The summed E-state index contributed by atoms with van der Waals surface area (Å²) in [6.45, 7) is 4.19. The lowest BCUT2D eigenvalue weighted by Crippen LogP contribution is -1.99. The zero-order valence-electron chi connectivity index (χ0n) is 10.00. The maximum Gasteiger partial charge on any atom is 0.149 e. The molecule has 4 heteroatoms. The number of anilines is 1. The number of H-pyrrole nitrogens is 1. The van der Waals surface area contributed by atoms with Gasteiger partial charge in [0.25, 0.3) is 0 Å². The normalized spacial score (nSPS) is 11.1. The van der Waals surface area contributed by atoms with Gasteiger partial charge in [0.1, 0.15) is 11.6 Å². The number of aromatic amines is 1. The average Bonchev–Trinajstić information content (AvgIpc) is 2.61. The summed E-state index contributed by atoms with van der Waals surface area (Å²) in [5.74, 6) is 0.638. The van der Waals surface area contributed by atoms with Crippen LogP contribution in [0.5, 0.6) is 0 Å². The van der Waals surface area contributed by atoms with Gasteiger partial charge in [0.2, 0.25) is 0 Å². The van der Waals surface area contributed by atoms with Crippen LogP contribution in [0.1, 0.15) is 19.4 Å². The molecule has 17 heavy (non-hydrogen) atoms. The predicted molar refractivity (Wildman–Crippen MR) is 66.9 cm³/mol. The van der Waals surface area contributed by atoms with E-state index in [-0.39, 0.29) is 5.82 Å². The molecule has 2 aromatic rings. The molecule has 1 heterocycles. The second-order valence-electron chi connectivity index (χ2n) is 4.54. The van der Waals surface area contributed by atoms with Gasteiger partial charge in [-0.15, -0.1) is 0 Å². The Labute approximate surface area is 99.9 Å². The Balaban J connectivity index is 2.49. The molecule has 0 saturated carbocycles. The van der Waals surface area contributed by atoms with Crippen molar-refractivity contribution in [3.05, 3.63) is 35.6 Å². The topological polar surface area (TPSA) is 54.7 Å². The van der Waals surface area contributed by atoms with E-state index in [9.17, 15) is 4.39 Å². The number of halogens is 1. The van der Waals surface area contributed by atoms with Gasteiger partial charge in [0.05, 0.1) is 5.69 Å². The molecule has 0 fully saturated rings. The van der Waals surface area contributed by atoms with Gasteiger partial charge < -0.3 is 5.73 Å². The Kier molecular flexibility index (Phi) is 3.13. The van der Waals surface area contributed by atoms with E-state index in [2.05, 4.69) is 24.0 Å². The number of rotatable bonds is 3. The van der Waals surface area contributed by atoms with Crippen LogP contribution in [-0.2, 0) is 6.42 Å². The van der Waals surface area contributed by atoms with Crippen LogP contribution in [0.25, 0.3) is 11.3 Å². The summed E-state index contributed by atoms with van der Waals surface area (Å²) in [5.41, 5.74) is 7.92. The van der Waals surface area contributed by atoms with Gasteiger partial charge in [-0.25, -0.2) is 4.39 Å². The van der Waals surface area contributed by atoms with Crippen LogP contribution < -0.4 is 5.73 Å². The van der Waals surface area contributed by atoms with E-state index in [0.29, 0.717) is 23.0 Å². The highest BCUT2D eigenvalue weighted by atomic mass is 19.1. The van der Waals surface area contributed by atoms with Crippen LogP contribution in [0.2, 0.25) is 0 Å². The van der Waals surface area contributed by atoms with Crippen LogP contribution >= 0.6 is 0 Å². The van der Waals surface area contributed by atoms with Crippen LogP contribution in [0, 0.1) is 11.7 Å². The Bertz CT molecular complexity index is 517. The Morgan fingerprint density at radius 1 is 1.35 bits per heavy atom. The summed E-state index contributed by atoms with van der Waals surface area (Å²) in [5, 5.41) is 6.79. The number of nitrogens with one attached hydrogen (secondary N) is 1. The molecule has 0 aliphatic rings. The summed E-state index contributed by atoms with van der Waals surface area (Å²) >= 11 is 0. The number of nitrogen functional groups attached to an aromatic ring is 1. The lowest BCUT2D eigenvalue weighted by molar-refractivity contribution is 0.628. The highest BCUT2D eigenvalue weighted by molar-refractivity contribution is 5.68. The van der Waals surface area contributed by atoms with Gasteiger partial charge in [-0.2, -0.15) is 5.10 Å². The standard InChI is InChI=1S/C13H16FN3/c1-8(2)7-10-12(16-17-13(10)15)9-5-3-4-6-11(9)14/h3-6,8H,7H2,1-2H3,(H3,15,16,17). The van der Waals surface area contributed by atoms with Crippen molar-refractivity contribution in [2.24, 2.45) is 5.92 Å². The smallest absolute Gasteiger partial charge is 0.149 e. The molecule has 2 rings (SSSR count). The quantitative estimate of drug-likeness (QED) is 0.856. The molecule has 1 aromatic heterocycles. The van der Waals surface area contributed by atoms with Crippen molar-refractivity contribution in [2.45, 2.75) is 20.3 Å². The molecule has 0 unspecified atom stereocenters. The zero-order chi connectivity index (χ0) is 12.4.